The smallest absolute Gasteiger partial charge is 0.0191 e. The van der Waals surface area contributed by atoms with Crippen LogP contribution < -0.4 is 5.73 Å². The lowest BCUT2D eigenvalue weighted by Gasteiger charge is -2.44. The molecule has 100 valence electrons. The van der Waals surface area contributed by atoms with Gasteiger partial charge >= 0.3 is 0 Å². The molecular formula is C14H28N2S. The molecule has 0 aromatic carbocycles. The van der Waals surface area contributed by atoms with Gasteiger partial charge in [0.05, 0.1) is 0 Å². The van der Waals surface area contributed by atoms with Crippen LogP contribution in [0.5, 0.6) is 0 Å². The van der Waals surface area contributed by atoms with Crippen LogP contribution in [0, 0.1) is 11.3 Å². The minimum absolute atomic E-state index is 0.536. The first-order valence-electron chi connectivity index (χ1n) is 7.12. The predicted molar refractivity (Wildman–Crippen MR) is 77.5 cm³/mol. The lowest BCUT2D eigenvalue weighted by Crippen LogP contribution is -2.48. The van der Waals surface area contributed by atoms with Crippen molar-refractivity contribution >= 4 is 11.8 Å². The van der Waals surface area contributed by atoms with Crippen molar-refractivity contribution < 1.29 is 0 Å². The van der Waals surface area contributed by atoms with E-state index in [1.165, 1.54) is 50.3 Å². The molecule has 0 radical (unpaired) electrons. The largest absolute Gasteiger partial charge is 0.330 e. The summed E-state index contributed by atoms with van der Waals surface area (Å²) in [6.45, 7) is 8.34. The maximum atomic E-state index is 5.70. The van der Waals surface area contributed by atoms with E-state index in [2.05, 4.69) is 30.5 Å². The molecule has 17 heavy (non-hydrogen) atoms. The van der Waals surface area contributed by atoms with Crippen molar-refractivity contribution in [1.82, 2.24) is 4.90 Å². The van der Waals surface area contributed by atoms with E-state index < -0.39 is 0 Å². The molecule has 2 unspecified atom stereocenters. The molecule has 0 bridgehead atoms. The average Bonchev–Trinajstić information content (AvgIpc) is 2.28. The Morgan fingerprint density at radius 2 is 2.24 bits per heavy atom. The Kier molecular flexibility index (Phi) is 4.79. The van der Waals surface area contributed by atoms with Gasteiger partial charge in [-0.1, -0.05) is 13.8 Å². The van der Waals surface area contributed by atoms with Crippen molar-refractivity contribution in [3.05, 3.63) is 0 Å². The van der Waals surface area contributed by atoms with Crippen molar-refractivity contribution in [1.29, 1.82) is 0 Å². The summed E-state index contributed by atoms with van der Waals surface area (Å²) in [5.74, 6) is 3.55. The number of hydrogen-bond acceptors (Lipinski definition) is 3. The molecule has 0 saturated carbocycles. The Hall–Kier alpha value is 0.270. The molecule has 0 aromatic rings. The fourth-order valence-corrected chi connectivity index (χ4v) is 4.75. The van der Waals surface area contributed by atoms with E-state index in [-0.39, 0.29) is 0 Å². The van der Waals surface area contributed by atoms with Crippen LogP contribution in [0.15, 0.2) is 0 Å². The normalized spacial score (nSPS) is 34.8. The molecule has 2 saturated heterocycles. The van der Waals surface area contributed by atoms with Crippen molar-refractivity contribution in [2.75, 3.05) is 31.1 Å². The molecule has 2 aliphatic heterocycles. The molecule has 0 aromatic heterocycles. The minimum Gasteiger partial charge on any atom is -0.330 e. The summed E-state index contributed by atoms with van der Waals surface area (Å²) in [5.41, 5.74) is 6.24. The predicted octanol–water partition coefficient (Wildman–Crippen LogP) is 2.58. The van der Waals surface area contributed by atoms with Gasteiger partial charge in [-0.05, 0) is 55.9 Å². The number of likely N-dealkylation sites (tertiary alicyclic amines) is 1. The number of nitrogens with zero attached hydrogens (tertiary/aromatic N) is 1. The summed E-state index contributed by atoms with van der Waals surface area (Å²) in [4.78, 5) is 2.76. The third-order valence-electron chi connectivity index (χ3n) is 4.23. The molecule has 2 rings (SSSR count). The van der Waals surface area contributed by atoms with Crippen LogP contribution in [0.25, 0.3) is 0 Å². The van der Waals surface area contributed by atoms with Gasteiger partial charge in [-0.3, -0.25) is 4.90 Å². The van der Waals surface area contributed by atoms with Gasteiger partial charge in [0.2, 0.25) is 0 Å². The highest BCUT2D eigenvalue weighted by Crippen LogP contribution is 2.37. The topological polar surface area (TPSA) is 29.3 Å². The first kappa shape index (κ1) is 13.7. The summed E-state index contributed by atoms with van der Waals surface area (Å²) in [6, 6.07) is 0.823. The van der Waals surface area contributed by atoms with Crippen LogP contribution in [-0.4, -0.2) is 42.1 Å². The molecule has 2 fully saturated rings. The van der Waals surface area contributed by atoms with Crippen molar-refractivity contribution in [3.63, 3.8) is 0 Å². The SMILES string of the molecule is CC1(C)CSCC(N2CCCC(CCN)C2)C1. The lowest BCUT2D eigenvalue weighted by molar-refractivity contribution is 0.102. The first-order chi connectivity index (χ1) is 8.11. The van der Waals surface area contributed by atoms with Crippen LogP contribution in [0.2, 0.25) is 0 Å². The Labute approximate surface area is 111 Å². The van der Waals surface area contributed by atoms with Crippen molar-refractivity contribution in [2.24, 2.45) is 17.1 Å². The third kappa shape index (κ3) is 3.87. The molecule has 2 atom stereocenters. The third-order valence-corrected chi connectivity index (χ3v) is 5.84. The minimum atomic E-state index is 0.536. The standard InChI is InChI=1S/C14H28N2S/c1-14(2)8-13(10-17-11-14)16-7-3-4-12(9-16)5-6-15/h12-13H,3-11,15H2,1-2H3. The van der Waals surface area contributed by atoms with Crippen molar-refractivity contribution in [2.45, 2.75) is 45.6 Å². The molecule has 0 aliphatic carbocycles. The molecule has 2 aliphatic rings. The quantitative estimate of drug-likeness (QED) is 0.841. The van der Waals surface area contributed by atoms with Gasteiger partial charge in [0.15, 0.2) is 0 Å². The van der Waals surface area contributed by atoms with Crippen LogP contribution in [0.1, 0.15) is 39.5 Å². The monoisotopic (exact) mass is 256 g/mol. The zero-order valence-corrected chi connectivity index (χ0v) is 12.3. The van der Waals surface area contributed by atoms with Gasteiger partial charge in [-0.25, -0.2) is 0 Å². The summed E-state index contributed by atoms with van der Waals surface area (Å²) < 4.78 is 0. The number of rotatable bonds is 3. The summed E-state index contributed by atoms with van der Waals surface area (Å²) >= 11 is 2.15. The van der Waals surface area contributed by atoms with E-state index in [0.717, 1.165) is 18.5 Å². The number of hydrogen-bond donors (Lipinski definition) is 1. The Bertz CT molecular complexity index is 240. The first-order valence-corrected chi connectivity index (χ1v) is 8.28. The second-order valence-electron chi connectivity index (χ2n) is 6.62. The lowest BCUT2D eigenvalue weighted by atomic mass is 9.85. The Morgan fingerprint density at radius 1 is 1.41 bits per heavy atom. The van der Waals surface area contributed by atoms with E-state index in [0.29, 0.717) is 5.41 Å². The molecule has 2 N–H and O–H groups in total. The summed E-state index contributed by atoms with van der Waals surface area (Å²) in [6.07, 6.45) is 5.39. The van der Waals surface area contributed by atoms with Gasteiger partial charge in [0.1, 0.15) is 0 Å². The molecule has 0 spiro atoms. The van der Waals surface area contributed by atoms with Crippen LogP contribution in [-0.2, 0) is 0 Å². The second kappa shape index (κ2) is 5.94. The summed E-state index contributed by atoms with van der Waals surface area (Å²) in [5, 5.41) is 0. The van der Waals surface area contributed by atoms with E-state index in [1.807, 2.05) is 0 Å². The van der Waals surface area contributed by atoms with E-state index in [1.54, 1.807) is 0 Å². The molecule has 0 amide bonds. The van der Waals surface area contributed by atoms with Gasteiger partial charge in [-0.15, -0.1) is 0 Å². The second-order valence-corrected chi connectivity index (χ2v) is 7.65. The molecular weight excluding hydrogens is 228 g/mol. The van der Waals surface area contributed by atoms with Crippen LogP contribution in [0.4, 0.5) is 0 Å². The summed E-state index contributed by atoms with van der Waals surface area (Å²) in [7, 11) is 0. The number of thioether (sulfide) groups is 1. The molecule has 2 heterocycles. The number of piperidine rings is 1. The highest BCUT2D eigenvalue weighted by molar-refractivity contribution is 7.99. The maximum Gasteiger partial charge on any atom is 0.0191 e. The van der Waals surface area contributed by atoms with Gasteiger partial charge < -0.3 is 5.73 Å². The van der Waals surface area contributed by atoms with Gasteiger partial charge in [0, 0.05) is 18.3 Å². The fraction of sp³-hybridized carbons (Fsp3) is 1.00. The van der Waals surface area contributed by atoms with Gasteiger partial charge in [-0.2, -0.15) is 11.8 Å². The zero-order chi connectivity index (χ0) is 12.3. The van der Waals surface area contributed by atoms with Crippen LogP contribution in [0.3, 0.4) is 0 Å². The highest BCUT2D eigenvalue weighted by atomic mass is 32.2. The maximum absolute atomic E-state index is 5.70. The zero-order valence-electron chi connectivity index (χ0n) is 11.5. The van der Waals surface area contributed by atoms with E-state index in [4.69, 9.17) is 5.73 Å². The van der Waals surface area contributed by atoms with E-state index >= 15 is 0 Å². The van der Waals surface area contributed by atoms with E-state index in [9.17, 15) is 0 Å². The van der Waals surface area contributed by atoms with Crippen molar-refractivity contribution in [3.8, 4) is 0 Å². The fourth-order valence-electron chi connectivity index (χ4n) is 3.36. The Morgan fingerprint density at radius 3 is 2.94 bits per heavy atom. The number of nitrogens with two attached hydrogens (primary N) is 1. The molecule has 2 nitrogen and oxygen atoms in total. The Balaban J connectivity index is 1.88. The van der Waals surface area contributed by atoms with Crippen LogP contribution >= 0.6 is 11.8 Å². The highest BCUT2D eigenvalue weighted by Gasteiger charge is 2.33. The van der Waals surface area contributed by atoms with Gasteiger partial charge in [0.25, 0.3) is 0 Å². The molecule has 3 heteroatoms. The average molecular weight is 256 g/mol.